The molecule has 4 amide bonds. The number of hydrogen-bond donors (Lipinski definition) is 2. The Morgan fingerprint density at radius 3 is 2.53 bits per heavy atom. The number of carbonyl (C=O) groups excluding carboxylic acids is 3. The van der Waals surface area contributed by atoms with Crippen LogP contribution in [0, 0.1) is 0 Å². The van der Waals surface area contributed by atoms with Crippen molar-refractivity contribution in [1.29, 1.82) is 0 Å². The molecule has 1 unspecified atom stereocenters. The molecule has 0 bridgehead atoms. The Morgan fingerprint density at radius 2 is 1.82 bits per heavy atom. The molecule has 1 atom stereocenters. The van der Waals surface area contributed by atoms with Crippen LogP contribution in [0.4, 0.5) is 10.5 Å². The van der Waals surface area contributed by atoms with Gasteiger partial charge in [0, 0.05) is 18.6 Å². The van der Waals surface area contributed by atoms with Crippen LogP contribution in [-0.4, -0.2) is 56.7 Å². The van der Waals surface area contributed by atoms with E-state index in [-0.39, 0.29) is 5.69 Å². The Balaban J connectivity index is 1.52. The summed E-state index contributed by atoms with van der Waals surface area (Å²) in [5, 5.41) is 5.62. The number of carbonyl (C=O) groups is 3. The second-order valence-electron chi connectivity index (χ2n) is 7.89. The minimum absolute atomic E-state index is 0.284. The maximum absolute atomic E-state index is 13.3. The van der Waals surface area contributed by atoms with Crippen molar-refractivity contribution in [3.8, 4) is 23.0 Å². The second-order valence-corrected chi connectivity index (χ2v) is 8.30. The third kappa shape index (κ3) is 4.28. The summed E-state index contributed by atoms with van der Waals surface area (Å²) in [5.41, 5.74) is -0.572. The zero-order chi connectivity index (χ0) is 24.5. The molecule has 2 aromatic carbocycles. The van der Waals surface area contributed by atoms with Gasteiger partial charge in [0.1, 0.15) is 23.6 Å². The SMILES string of the molecule is COc1cc(NC(=O)CN2C(=O)NC(C)(c3ccc4c(c3)OCCCO4)C2=O)c(OC)cc1Cl. The van der Waals surface area contributed by atoms with Crippen molar-refractivity contribution in [2.75, 3.05) is 39.3 Å². The summed E-state index contributed by atoms with van der Waals surface area (Å²) in [6, 6.07) is 7.37. The quantitative estimate of drug-likeness (QED) is 0.599. The van der Waals surface area contributed by atoms with Crippen LogP contribution < -0.4 is 29.6 Å². The minimum atomic E-state index is -1.37. The van der Waals surface area contributed by atoms with Crippen molar-refractivity contribution in [2.45, 2.75) is 18.9 Å². The van der Waals surface area contributed by atoms with E-state index in [1.54, 1.807) is 25.1 Å². The van der Waals surface area contributed by atoms with Crippen molar-refractivity contribution >= 4 is 35.1 Å². The number of amides is 4. The lowest BCUT2D eigenvalue weighted by molar-refractivity contribution is -0.133. The number of nitrogens with zero attached hydrogens (tertiary/aromatic N) is 1. The minimum Gasteiger partial charge on any atom is -0.495 e. The van der Waals surface area contributed by atoms with Crippen LogP contribution in [-0.2, 0) is 15.1 Å². The fourth-order valence-corrected chi connectivity index (χ4v) is 4.03. The predicted octanol–water partition coefficient (Wildman–Crippen LogP) is 2.92. The Labute approximate surface area is 201 Å². The molecule has 2 heterocycles. The van der Waals surface area contributed by atoms with Crippen LogP contribution in [0.2, 0.25) is 5.02 Å². The van der Waals surface area contributed by atoms with Gasteiger partial charge < -0.3 is 29.6 Å². The zero-order valence-corrected chi connectivity index (χ0v) is 19.7. The van der Waals surface area contributed by atoms with E-state index in [0.717, 1.165) is 11.3 Å². The summed E-state index contributed by atoms with van der Waals surface area (Å²) in [6.45, 7) is 2.10. The molecule has 34 heavy (non-hydrogen) atoms. The van der Waals surface area contributed by atoms with Crippen molar-refractivity contribution in [2.24, 2.45) is 0 Å². The van der Waals surface area contributed by atoms with E-state index in [2.05, 4.69) is 10.6 Å². The van der Waals surface area contributed by atoms with Gasteiger partial charge in [-0.25, -0.2) is 4.79 Å². The topological polar surface area (TPSA) is 115 Å². The van der Waals surface area contributed by atoms with E-state index < -0.39 is 29.9 Å². The van der Waals surface area contributed by atoms with Crippen molar-refractivity contribution < 1.29 is 33.3 Å². The van der Waals surface area contributed by atoms with Gasteiger partial charge in [0.05, 0.1) is 38.1 Å². The molecule has 0 radical (unpaired) electrons. The smallest absolute Gasteiger partial charge is 0.325 e. The molecule has 0 aliphatic carbocycles. The molecule has 4 rings (SSSR count). The van der Waals surface area contributed by atoms with E-state index in [4.69, 9.17) is 30.5 Å². The molecule has 2 aliphatic heterocycles. The highest BCUT2D eigenvalue weighted by Crippen LogP contribution is 2.38. The highest BCUT2D eigenvalue weighted by atomic mass is 35.5. The van der Waals surface area contributed by atoms with Crippen LogP contribution in [0.15, 0.2) is 30.3 Å². The van der Waals surface area contributed by atoms with Gasteiger partial charge in [-0.1, -0.05) is 17.7 Å². The van der Waals surface area contributed by atoms with E-state index in [0.29, 0.717) is 46.8 Å². The Hall–Kier alpha value is -3.66. The van der Waals surface area contributed by atoms with E-state index in [1.807, 2.05) is 0 Å². The first-order chi connectivity index (χ1) is 16.3. The zero-order valence-electron chi connectivity index (χ0n) is 18.9. The molecule has 1 saturated heterocycles. The third-order valence-electron chi connectivity index (χ3n) is 5.65. The summed E-state index contributed by atoms with van der Waals surface area (Å²) in [5.74, 6) is 0.531. The normalized spacial score (nSPS) is 19.4. The Bertz CT molecular complexity index is 1160. The van der Waals surface area contributed by atoms with Crippen molar-refractivity contribution in [3.05, 3.63) is 40.9 Å². The molecule has 2 N–H and O–H groups in total. The summed E-state index contributed by atoms with van der Waals surface area (Å²) < 4.78 is 21.8. The van der Waals surface area contributed by atoms with E-state index in [1.165, 1.54) is 26.4 Å². The highest BCUT2D eigenvalue weighted by molar-refractivity contribution is 6.32. The fraction of sp³-hybridized carbons (Fsp3) is 0.348. The van der Waals surface area contributed by atoms with E-state index in [9.17, 15) is 14.4 Å². The lowest BCUT2D eigenvalue weighted by Gasteiger charge is -2.23. The van der Waals surface area contributed by atoms with Crippen LogP contribution >= 0.6 is 11.6 Å². The number of halogens is 1. The molecule has 11 heteroatoms. The summed E-state index contributed by atoms with van der Waals surface area (Å²) in [7, 11) is 2.86. The number of anilines is 1. The molecule has 0 saturated carbocycles. The molecular weight excluding hydrogens is 466 g/mol. The maximum atomic E-state index is 13.3. The number of rotatable bonds is 6. The number of urea groups is 1. The number of fused-ring (bicyclic) bond motifs is 1. The number of hydrogen-bond acceptors (Lipinski definition) is 7. The summed E-state index contributed by atoms with van der Waals surface area (Å²) >= 11 is 6.10. The molecule has 180 valence electrons. The molecular formula is C23H24ClN3O7. The van der Waals surface area contributed by atoms with Gasteiger partial charge in [-0.05, 0) is 24.6 Å². The maximum Gasteiger partial charge on any atom is 0.325 e. The molecule has 10 nitrogen and oxygen atoms in total. The Kier molecular flexibility index (Phi) is 6.43. The first kappa shape index (κ1) is 23.5. The van der Waals surface area contributed by atoms with Crippen LogP contribution in [0.5, 0.6) is 23.0 Å². The van der Waals surface area contributed by atoms with Gasteiger partial charge in [-0.15, -0.1) is 0 Å². The van der Waals surface area contributed by atoms with Gasteiger partial charge >= 0.3 is 6.03 Å². The molecule has 2 aromatic rings. The summed E-state index contributed by atoms with van der Waals surface area (Å²) in [6.07, 6.45) is 0.740. The first-order valence-electron chi connectivity index (χ1n) is 10.5. The van der Waals surface area contributed by atoms with Crippen LogP contribution in [0.1, 0.15) is 18.9 Å². The van der Waals surface area contributed by atoms with E-state index >= 15 is 0 Å². The fourth-order valence-electron chi connectivity index (χ4n) is 3.80. The monoisotopic (exact) mass is 489 g/mol. The largest absolute Gasteiger partial charge is 0.495 e. The van der Waals surface area contributed by atoms with Gasteiger partial charge in [-0.3, -0.25) is 14.5 Å². The van der Waals surface area contributed by atoms with Gasteiger partial charge in [-0.2, -0.15) is 0 Å². The third-order valence-corrected chi connectivity index (χ3v) is 5.94. The van der Waals surface area contributed by atoms with Crippen molar-refractivity contribution in [3.63, 3.8) is 0 Å². The predicted molar refractivity (Wildman–Crippen MR) is 123 cm³/mol. The average Bonchev–Trinajstić information content (AvgIpc) is 2.98. The number of benzene rings is 2. The highest BCUT2D eigenvalue weighted by Gasteiger charge is 2.49. The standard InChI is InChI=1S/C23H24ClN3O7/c1-23(13-5-6-16-19(9-13)34-8-4-7-33-16)21(29)27(22(30)26-23)12-20(28)25-15-11-17(31-2)14(24)10-18(15)32-3/h5-6,9-11H,4,7-8,12H2,1-3H3,(H,25,28)(H,26,30). The van der Waals surface area contributed by atoms with Gasteiger partial charge in [0.25, 0.3) is 5.91 Å². The molecule has 0 aromatic heterocycles. The molecule has 1 fully saturated rings. The van der Waals surface area contributed by atoms with Gasteiger partial charge in [0.2, 0.25) is 5.91 Å². The van der Waals surface area contributed by atoms with Crippen LogP contribution in [0.25, 0.3) is 0 Å². The summed E-state index contributed by atoms with van der Waals surface area (Å²) in [4.78, 5) is 39.5. The lowest BCUT2D eigenvalue weighted by atomic mass is 9.91. The van der Waals surface area contributed by atoms with Crippen molar-refractivity contribution in [1.82, 2.24) is 10.2 Å². The first-order valence-corrected chi connectivity index (χ1v) is 10.9. The average molecular weight is 490 g/mol. The molecule has 0 spiro atoms. The lowest BCUT2D eigenvalue weighted by Crippen LogP contribution is -2.42. The number of imide groups is 1. The number of ether oxygens (including phenoxy) is 4. The molecule has 2 aliphatic rings. The Morgan fingerprint density at radius 1 is 1.12 bits per heavy atom. The second kappa shape index (κ2) is 9.30. The van der Waals surface area contributed by atoms with Gasteiger partial charge in [0.15, 0.2) is 11.5 Å². The number of methoxy groups -OCH3 is 2. The number of nitrogens with one attached hydrogen (secondary N) is 2. The van der Waals surface area contributed by atoms with Crippen LogP contribution in [0.3, 0.4) is 0 Å².